The number of benzene rings is 2. The van der Waals surface area contributed by atoms with E-state index < -0.39 is 29.5 Å². The molecular formula is C42H59N3O7. The molecule has 10 heteroatoms. The van der Waals surface area contributed by atoms with Gasteiger partial charge in [-0.05, 0) is 62.0 Å². The van der Waals surface area contributed by atoms with Gasteiger partial charge in [0, 0.05) is 37.8 Å². The van der Waals surface area contributed by atoms with Crippen LogP contribution in [0, 0.1) is 23.7 Å². The summed E-state index contributed by atoms with van der Waals surface area (Å²) < 4.78 is 10.9. The predicted molar refractivity (Wildman–Crippen MR) is 201 cm³/mol. The number of Topliss-reactive ketones (excluding diaryl/α,β-unsaturated/α-hetero) is 3. The summed E-state index contributed by atoms with van der Waals surface area (Å²) in [7, 11) is 0. The van der Waals surface area contributed by atoms with Crippen molar-refractivity contribution in [1.29, 1.82) is 0 Å². The monoisotopic (exact) mass is 717 g/mol. The van der Waals surface area contributed by atoms with Gasteiger partial charge in [0.25, 0.3) is 0 Å². The van der Waals surface area contributed by atoms with Crippen molar-refractivity contribution in [3.8, 4) is 0 Å². The summed E-state index contributed by atoms with van der Waals surface area (Å²) in [5.41, 5.74) is 1.08. The number of epoxide rings is 1. The van der Waals surface area contributed by atoms with Crippen LogP contribution in [0.15, 0.2) is 60.7 Å². The zero-order valence-corrected chi connectivity index (χ0v) is 31.7. The van der Waals surface area contributed by atoms with E-state index in [1.807, 2.05) is 93.3 Å². The third-order valence-corrected chi connectivity index (χ3v) is 9.99. The van der Waals surface area contributed by atoms with Gasteiger partial charge in [-0.25, -0.2) is 0 Å². The second-order valence-corrected chi connectivity index (χ2v) is 15.7. The molecule has 0 saturated carbocycles. The Morgan fingerprint density at radius 2 is 1.29 bits per heavy atom. The maximum Gasteiger partial charge on any atom is 0.234 e. The van der Waals surface area contributed by atoms with E-state index in [4.69, 9.17) is 9.47 Å². The number of carbonyl (C=O) groups is 5. The van der Waals surface area contributed by atoms with Crippen LogP contribution in [0.1, 0.15) is 77.8 Å². The fourth-order valence-electron chi connectivity index (χ4n) is 7.01. The number of hydrogen-bond donors (Lipinski definition) is 2. The molecule has 0 radical (unpaired) electrons. The summed E-state index contributed by atoms with van der Waals surface area (Å²) in [6.07, 6.45) is 2.15. The molecule has 4 rings (SSSR count). The van der Waals surface area contributed by atoms with Crippen LogP contribution in [0.5, 0.6) is 0 Å². The molecule has 2 heterocycles. The number of hydrogen-bond acceptors (Lipinski definition) is 8. The maximum atomic E-state index is 14.2. The predicted octanol–water partition coefficient (Wildman–Crippen LogP) is 4.76. The molecule has 2 aliphatic rings. The standard InChI is InChI=1S/C42H59N3O7/c1-29(2)22-33(40(49)42(5)28-52-42)25-38(47)36(24-32-14-10-7-11-15-32)44-41(50)34(23-30(3)4)26-37(46)35(17-16-31-12-8-6-9-13-31)43-39(48)27-45-18-20-51-21-19-45/h6-15,29-30,33-36H,16-28H2,1-5H3,(H,43,48)(H,44,50)/t33?,34?,35-,36-,42+/m0/s1. The highest BCUT2D eigenvalue weighted by Gasteiger charge is 2.50. The zero-order chi connectivity index (χ0) is 37.7. The summed E-state index contributed by atoms with van der Waals surface area (Å²) in [5.74, 6) is -2.04. The van der Waals surface area contributed by atoms with Crippen molar-refractivity contribution < 1.29 is 33.4 Å². The van der Waals surface area contributed by atoms with Gasteiger partial charge in [0.1, 0.15) is 5.60 Å². The van der Waals surface area contributed by atoms with E-state index >= 15 is 0 Å². The molecule has 0 aliphatic carbocycles. The van der Waals surface area contributed by atoms with E-state index in [-0.39, 0.29) is 66.8 Å². The summed E-state index contributed by atoms with van der Waals surface area (Å²) in [5, 5.41) is 6.02. The summed E-state index contributed by atoms with van der Waals surface area (Å²) in [6, 6.07) is 17.7. The second kappa shape index (κ2) is 19.9. The Kier molecular flexibility index (Phi) is 15.7. The van der Waals surface area contributed by atoms with Gasteiger partial charge in [0.05, 0.1) is 38.4 Å². The number of amides is 2. The molecule has 0 aromatic heterocycles. The lowest BCUT2D eigenvalue weighted by molar-refractivity contribution is -0.135. The SMILES string of the molecule is CC(C)CC(CC(=O)[C@H](CCc1ccccc1)NC(=O)CN1CCOCC1)C(=O)N[C@@H](Cc1ccccc1)C(=O)CC(CC(C)C)C(=O)[C@@]1(C)CO1. The van der Waals surface area contributed by atoms with Gasteiger partial charge in [-0.3, -0.25) is 28.9 Å². The first kappa shape index (κ1) is 41.0. The lowest BCUT2D eigenvalue weighted by Gasteiger charge is -2.28. The Bertz CT molecular complexity index is 1470. The zero-order valence-electron chi connectivity index (χ0n) is 31.7. The molecule has 5 atom stereocenters. The summed E-state index contributed by atoms with van der Waals surface area (Å²) >= 11 is 0. The van der Waals surface area contributed by atoms with E-state index in [2.05, 4.69) is 10.6 Å². The van der Waals surface area contributed by atoms with Gasteiger partial charge in [0.2, 0.25) is 11.8 Å². The fraction of sp³-hybridized carbons (Fsp3) is 0.595. The van der Waals surface area contributed by atoms with E-state index in [1.54, 1.807) is 6.92 Å². The minimum absolute atomic E-state index is 0.00173. The first-order valence-corrected chi connectivity index (χ1v) is 19.0. The normalized spacial score (nSPS) is 19.8. The van der Waals surface area contributed by atoms with Crippen molar-refractivity contribution in [1.82, 2.24) is 15.5 Å². The molecule has 2 N–H and O–H groups in total. The molecule has 284 valence electrons. The van der Waals surface area contributed by atoms with E-state index in [0.29, 0.717) is 58.6 Å². The molecule has 52 heavy (non-hydrogen) atoms. The molecule has 2 fully saturated rings. The van der Waals surface area contributed by atoms with Crippen LogP contribution in [-0.2, 0) is 46.3 Å². The molecule has 10 nitrogen and oxygen atoms in total. The minimum Gasteiger partial charge on any atom is -0.379 e. The second-order valence-electron chi connectivity index (χ2n) is 15.7. The van der Waals surface area contributed by atoms with Crippen molar-refractivity contribution in [2.75, 3.05) is 39.5 Å². The van der Waals surface area contributed by atoms with Crippen molar-refractivity contribution in [3.63, 3.8) is 0 Å². The lowest BCUT2D eigenvalue weighted by Crippen LogP contribution is -2.49. The van der Waals surface area contributed by atoms with Crippen LogP contribution >= 0.6 is 0 Å². The van der Waals surface area contributed by atoms with Crippen LogP contribution in [0.4, 0.5) is 0 Å². The smallest absolute Gasteiger partial charge is 0.234 e. The first-order valence-electron chi connectivity index (χ1n) is 19.0. The Morgan fingerprint density at radius 3 is 1.87 bits per heavy atom. The van der Waals surface area contributed by atoms with Crippen LogP contribution < -0.4 is 10.6 Å². The van der Waals surface area contributed by atoms with Gasteiger partial charge in [-0.1, -0.05) is 88.4 Å². The van der Waals surface area contributed by atoms with Gasteiger partial charge in [0.15, 0.2) is 17.3 Å². The Balaban J connectivity index is 1.51. The average molecular weight is 718 g/mol. The molecule has 2 aromatic carbocycles. The highest BCUT2D eigenvalue weighted by molar-refractivity contribution is 5.98. The minimum atomic E-state index is -0.878. The Labute approximate surface area is 309 Å². The number of carbonyl (C=O) groups excluding carboxylic acids is 5. The van der Waals surface area contributed by atoms with E-state index in [0.717, 1.165) is 11.1 Å². The molecule has 2 unspecified atom stereocenters. The molecule has 2 aromatic rings. The van der Waals surface area contributed by atoms with Crippen LogP contribution in [0.2, 0.25) is 0 Å². The largest absolute Gasteiger partial charge is 0.379 e. The molecule has 0 bridgehead atoms. The number of ether oxygens (including phenoxy) is 2. The highest BCUT2D eigenvalue weighted by atomic mass is 16.6. The number of nitrogens with zero attached hydrogens (tertiary/aromatic N) is 1. The van der Waals surface area contributed by atoms with Crippen LogP contribution in [0.3, 0.4) is 0 Å². The summed E-state index contributed by atoms with van der Waals surface area (Å²) in [6.45, 7) is 12.7. The lowest BCUT2D eigenvalue weighted by atomic mass is 9.82. The summed E-state index contributed by atoms with van der Waals surface area (Å²) in [4.78, 5) is 70.9. The van der Waals surface area contributed by atoms with Crippen molar-refractivity contribution in [3.05, 3.63) is 71.8 Å². The van der Waals surface area contributed by atoms with E-state index in [1.165, 1.54) is 0 Å². The van der Waals surface area contributed by atoms with Gasteiger partial charge in [-0.15, -0.1) is 0 Å². The molecule has 2 aliphatic heterocycles. The third kappa shape index (κ3) is 13.4. The fourth-order valence-corrected chi connectivity index (χ4v) is 7.01. The number of morpholine rings is 1. The van der Waals surface area contributed by atoms with Gasteiger partial charge >= 0.3 is 0 Å². The molecule has 2 amide bonds. The van der Waals surface area contributed by atoms with E-state index in [9.17, 15) is 24.0 Å². The number of nitrogens with one attached hydrogen (secondary N) is 2. The van der Waals surface area contributed by atoms with Crippen molar-refractivity contribution in [2.45, 2.75) is 97.2 Å². The van der Waals surface area contributed by atoms with Gasteiger partial charge < -0.3 is 20.1 Å². The molecule has 0 spiro atoms. The topological polar surface area (TPSA) is 134 Å². The number of rotatable bonds is 22. The van der Waals surface area contributed by atoms with Crippen molar-refractivity contribution >= 4 is 29.2 Å². The Morgan fingerprint density at radius 1 is 0.750 bits per heavy atom. The maximum absolute atomic E-state index is 14.2. The van der Waals surface area contributed by atoms with Gasteiger partial charge in [-0.2, -0.15) is 0 Å². The van der Waals surface area contributed by atoms with Crippen LogP contribution in [0.25, 0.3) is 0 Å². The Hall–Kier alpha value is -3.73. The van der Waals surface area contributed by atoms with Crippen molar-refractivity contribution in [2.24, 2.45) is 23.7 Å². The quantitative estimate of drug-likeness (QED) is 0.167. The molecular weight excluding hydrogens is 658 g/mol. The number of ketones is 3. The third-order valence-electron chi connectivity index (χ3n) is 9.99. The number of aryl methyl sites for hydroxylation is 1. The van der Waals surface area contributed by atoms with Crippen LogP contribution in [-0.4, -0.2) is 91.2 Å². The highest BCUT2D eigenvalue weighted by Crippen LogP contribution is 2.34. The average Bonchev–Trinajstić information content (AvgIpc) is 3.87. The first-order chi connectivity index (χ1) is 24.8. The molecule has 2 saturated heterocycles.